The van der Waals surface area contributed by atoms with Gasteiger partial charge in [-0.25, -0.2) is 9.37 Å². The third-order valence-corrected chi connectivity index (χ3v) is 8.87. The Morgan fingerprint density at radius 2 is 1.76 bits per heavy atom. The molecule has 1 aliphatic carbocycles. The van der Waals surface area contributed by atoms with E-state index < -0.39 is 0 Å². The zero-order valence-corrected chi connectivity index (χ0v) is 22.2. The summed E-state index contributed by atoms with van der Waals surface area (Å²) in [5.74, 6) is 0.663. The number of carbonyl (C=O) groups excluding carboxylic acids is 2. The number of likely N-dealkylation sites (tertiary alicyclic amines) is 1. The molecular formula is C30H32FN3O3S. The molecule has 0 radical (unpaired) electrons. The van der Waals surface area contributed by atoms with Crippen LogP contribution in [0.1, 0.15) is 76.8 Å². The smallest absolute Gasteiger partial charge is 0.273 e. The highest BCUT2D eigenvalue weighted by Gasteiger charge is 2.36. The summed E-state index contributed by atoms with van der Waals surface area (Å²) in [7, 11) is 0. The summed E-state index contributed by atoms with van der Waals surface area (Å²) in [4.78, 5) is 34.6. The summed E-state index contributed by atoms with van der Waals surface area (Å²) in [6.45, 7) is 2.51. The molecule has 1 unspecified atom stereocenters. The second-order valence-electron chi connectivity index (χ2n) is 10.5. The molecule has 0 N–H and O–H groups in total. The molecule has 8 heteroatoms. The predicted molar refractivity (Wildman–Crippen MR) is 144 cm³/mol. The number of thiazole rings is 1. The van der Waals surface area contributed by atoms with Crippen LogP contribution in [-0.4, -0.2) is 46.2 Å². The van der Waals surface area contributed by atoms with E-state index in [0.717, 1.165) is 74.2 Å². The molecule has 1 aromatic heterocycles. The van der Waals surface area contributed by atoms with Crippen LogP contribution in [0.15, 0.2) is 47.8 Å². The maximum atomic E-state index is 13.8. The van der Waals surface area contributed by atoms with E-state index in [1.807, 2.05) is 27.3 Å². The zero-order chi connectivity index (χ0) is 26.1. The normalized spacial score (nSPS) is 19.6. The predicted octanol–water partition coefficient (Wildman–Crippen LogP) is 5.76. The quantitative estimate of drug-likeness (QED) is 0.404. The lowest BCUT2D eigenvalue weighted by Crippen LogP contribution is -2.43. The van der Waals surface area contributed by atoms with E-state index in [2.05, 4.69) is 11.1 Å². The number of amides is 2. The molecule has 2 aromatic carbocycles. The number of halogens is 1. The van der Waals surface area contributed by atoms with Crippen LogP contribution in [0, 0.1) is 11.7 Å². The van der Waals surface area contributed by atoms with Crippen LogP contribution in [0.2, 0.25) is 0 Å². The first-order valence-corrected chi connectivity index (χ1v) is 14.5. The van der Waals surface area contributed by atoms with E-state index in [0.29, 0.717) is 18.0 Å². The molecule has 2 fully saturated rings. The SMILES string of the molecule is O=C(c1csc(COc2ccc3c(c2)C(c2ccc(F)cc2)N(C(=O)C2CCCC2)CC3)n1)N1CCCC1. The van der Waals surface area contributed by atoms with E-state index in [4.69, 9.17) is 4.74 Å². The first-order chi connectivity index (χ1) is 18.6. The first kappa shape index (κ1) is 25.0. The van der Waals surface area contributed by atoms with Crippen molar-refractivity contribution in [1.29, 1.82) is 0 Å². The van der Waals surface area contributed by atoms with Crippen LogP contribution in [-0.2, 0) is 17.8 Å². The van der Waals surface area contributed by atoms with Gasteiger partial charge in [-0.2, -0.15) is 0 Å². The Labute approximate surface area is 226 Å². The lowest BCUT2D eigenvalue weighted by molar-refractivity contribution is -0.137. The highest BCUT2D eigenvalue weighted by atomic mass is 32.1. The van der Waals surface area contributed by atoms with Crippen molar-refractivity contribution in [1.82, 2.24) is 14.8 Å². The number of aromatic nitrogens is 1. The molecule has 3 aromatic rings. The van der Waals surface area contributed by atoms with Gasteiger partial charge in [-0.15, -0.1) is 11.3 Å². The Morgan fingerprint density at radius 1 is 1.00 bits per heavy atom. The summed E-state index contributed by atoms with van der Waals surface area (Å²) in [6, 6.07) is 12.3. The van der Waals surface area contributed by atoms with E-state index in [9.17, 15) is 14.0 Å². The molecule has 2 aliphatic heterocycles. The fourth-order valence-electron chi connectivity index (χ4n) is 6.03. The monoisotopic (exact) mass is 533 g/mol. The Balaban J connectivity index is 1.23. The van der Waals surface area contributed by atoms with Crippen molar-refractivity contribution in [2.75, 3.05) is 19.6 Å². The number of fused-ring (bicyclic) bond motifs is 1. The second kappa shape index (κ2) is 10.8. The standard InChI is InChI=1S/C30H32FN3O3S/c31-23-10-7-21(8-11-23)28-25-17-24(12-9-20(25)13-16-34(28)29(35)22-5-1-2-6-22)37-18-27-32-26(19-38-27)30(36)33-14-3-4-15-33/h7-12,17,19,22,28H,1-6,13-16,18H2. The van der Waals surface area contributed by atoms with Crippen LogP contribution < -0.4 is 4.74 Å². The molecule has 38 heavy (non-hydrogen) atoms. The van der Waals surface area contributed by atoms with Gasteiger partial charge in [0.05, 0.1) is 6.04 Å². The third-order valence-electron chi connectivity index (χ3n) is 8.05. The van der Waals surface area contributed by atoms with Gasteiger partial charge in [-0.3, -0.25) is 9.59 Å². The Hall–Kier alpha value is -3.26. The van der Waals surface area contributed by atoms with Crippen molar-refractivity contribution in [2.45, 2.75) is 57.6 Å². The van der Waals surface area contributed by atoms with E-state index in [1.165, 1.54) is 29.0 Å². The van der Waals surface area contributed by atoms with Crippen LogP contribution in [0.5, 0.6) is 5.75 Å². The third kappa shape index (κ3) is 5.06. The fourth-order valence-corrected chi connectivity index (χ4v) is 6.71. The van der Waals surface area contributed by atoms with Gasteiger partial charge in [0.15, 0.2) is 0 Å². The number of benzene rings is 2. The van der Waals surface area contributed by atoms with E-state index >= 15 is 0 Å². The molecule has 198 valence electrons. The van der Waals surface area contributed by atoms with E-state index in [1.54, 1.807) is 12.1 Å². The zero-order valence-electron chi connectivity index (χ0n) is 21.4. The fraction of sp³-hybridized carbons (Fsp3) is 0.433. The van der Waals surface area contributed by atoms with Gasteiger partial charge >= 0.3 is 0 Å². The molecule has 2 amide bonds. The van der Waals surface area contributed by atoms with Gasteiger partial charge in [-0.05, 0) is 73.1 Å². The topological polar surface area (TPSA) is 62.7 Å². The summed E-state index contributed by atoms with van der Waals surface area (Å²) < 4.78 is 19.9. The van der Waals surface area contributed by atoms with Gasteiger partial charge < -0.3 is 14.5 Å². The van der Waals surface area contributed by atoms with Crippen LogP contribution in [0.4, 0.5) is 4.39 Å². The van der Waals surface area contributed by atoms with Crippen molar-refractivity contribution in [3.05, 3.63) is 81.1 Å². The number of rotatable bonds is 6. The van der Waals surface area contributed by atoms with Crippen molar-refractivity contribution in [3.63, 3.8) is 0 Å². The summed E-state index contributed by atoms with van der Waals surface area (Å²) in [5, 5.41) is 2.56. The maximum absolute atomic E-state index is 13.8. The largest absolute Gasteiger partial charge is 0.486 e. The van der Waals surface area contributed by atoms with E-state index in [-0.39, 0.29) is 36.2 Å². The molecule has 1 saturated carbocycles. The molecule has 3 aliphatic rings. The van der Waals surface area contributed by atoms with Crippen molar-refractivity contribution < 1.29 is 18.7 Å². The molecule has 0 bridgehead atoms. The summed E-state index contributed by atoms with van der Waals surface area (Å²) in [6.07, 6.45) is 6.96. The number of nitrogens with zero attached hydrogens (tertiary/aromatic N) is 3. The minimum absolute atomic E-state index is 0.00654. The van der Waals surface area contributed by atoms with Gasteiger partial charge in [0.1, 0.15) is 28.9 Å². The first-order valence-electron chi connectivity index (χ1n) is 13.6. The molecule has 3 heterocycles. The molecule has 6 nitrogen and oxygen atoms in total. The number of hydrogen-bond acceptors (Lipinski definition) is 5. The average Bonchev–Trinajstić information content (AvgIpc) is 3.74. The minimum Gasteiger partial charge on any atom is -0.486 e. The summed E-state index contributed by atoms with van der Waals surface area (Å²) in [5.41, 5.74) is 3.59. The Bertz CT molecular complexity index is 1310. The van der Waals surface area contributed by atoms with Gasteiger partial charge in [0.25, 0.3) is 5.91 Å². The molecule has 1 atom stereocenters. The van der Waals surface area contributed by atoms with Crippen LogP contribution in [0.3, 0.4) is 0 Å². The Morgan fingerprint density at radius 3 is 2.53 bits per heavy atom. The number of carbonyl (C=O) groups is 2. The number of ether oxygens (including phenoxy) is 1. The van der Waals surface area contributed by atoms with Crippen molar-refractivity contribution in [2.24, 2.45) is 5.92 Å². The highest BCUT2D eigenvalue weighted by molar-refractivity contribution is 7.09. The highest BCUT2D eigenvalue weighted by Crippen LogP contribution is 2.40. The second-order valence-corrected chi connectivity index (χ2v) is 11.4. The molecule has 0 spiro atoms. The van der Waals surface area contributed by atoms with Gasteiger partial charge in [0, 0.05) is 30.9 Å². The minimum atomic E-state index is -0.290. The average molecular weight is 534 g/mol. The molecular weight excluding hydrogens is 501 g/mol. The van der Waals surface area contributed by atoms with Crippen LogP contribution >= 0.6 is 11.3 Å². The van der Waals surface area contributed by atoms with Crippen molar-refractivity contribution >= 4 is 23.2 Å². The van der Waals surface area contributed by atoms with Gasteiger partial charge in [-0.1, -0.05) is 31.0 Å². The Kier molecular flexibility index (Phi) is 7.15. The number of hydrogen-bond donors (Lipinski definition) is 0. The summed E-state index contributed by atoms with van der Waals surface area (Å²) >= 11 is 1.43. The lowest BCUT2D eigenvalue weighted by atomic mass is 9.87. The lowest BCUT2D eigenvalue weighted by Gasteiger charge is -2.39. The van der Waals surface area contributed by atoms with Crippen molar-refractivity contribution in [3.8, 4) is 5.75 Å². The van der Waals surface area contributed by atoms with Gasteiger partial charge in [0.2, 0.25) is 5.91 Å². The molecule has 1 saturated heterocycles. The van der Waals surface area contributed by atoms with Crippen LogP contribution in [0.25, 0.3) is 0 Å². The maximum Gasteiger partial charge on any atom is 0.273 e. The molecule has 6 rings (SSSR count).